The van der Waals surface area contributed by atoms with Crippen LogP contribution in [0.5, 0.6) is 0 Å². The largest absolute Gasteiger partial charge is 0.259 e. The van der Waals surface area contributed by atoms with E-state index in [1.54, 1.807) is 0 Å². The van der Waals surface area contributed by atoms with Gasteiger partial charge in [0.05, 0.1) is 5.70 Å². The van der Waals surface area contributed by atoms with Crippen molar-refractivity contribution in [2.75, 3.05) is 0 Å². The smallest absolute Gasteiger partial charge is 0.0557 e. The van der Waals surface area contributed by atoms with Gasteiger partial charge in [-0.05, 0) is 32.3 Å². The van der Waals surface area contributed by atoms with Crippen LogP contribution in [0.4, 0.5) is 0 Å². The van der Waals surface area contributed by atoms with Gasteiger partial charge < -0.3 is 0 Å². The second-order valence-corrected chi connectivity index (χ2v) is 3.02. The molecule has 0 spiro atoms. The van der Waals surface area contributed by atoms with Crippen molar-refractivity contribution in [2.45, 2.75) is 26.2 Å². The van der Waals surface area contributed by atoms with Crippen molar-refractivity contribution in [3.05, 3.63) is 36.6 Å². The van der Waals surface area contributed by atoms with Crippen LogP contribution in [0.15, 0.2) is 41.6 Å². The molecule has 0 saturated heterocycles. The Balaban J connectivity index is 2.70. The number of allylic oxidation sites excluding steroid dienone is 4. The zero-order chi connectivity index (χ0) is 8.81. The highest BCUT2D eigenvalue weighted by Gasteiger charge is 1.92. The summed E-state index contributed by atoms with van der Waals surface area (Å²) in [6, 6.07) is 0. The third kappa shape index (κ3) is 3.33. The van der Waals surface area contributed by atoms with Crippen LogP contribution in [0.25, 0.3) is 0 Å². The fourth-order valence-electron chi connectivity index (χ4n) is 1.16. The highest BCUT2D eigenvalue weighted by Crippen LogP contribution is 2.05. The molecule has 0 fully saturated rings. The molecule has 1 heterocycles. The average molecular weight is 161 g/mol. The van der Waals surface area contributed by atoms with Crippen molar-refractivity contribution in [1.82, 2.24) is 0 Å². The van der Waals surface area contributed by atoms with E-state index in [-0.39, 0.29) is 0 Å². The molecule has 1 aliphatic heterocycles. The molecule has 0 amide bonds. The Kier molecular flexibility index (Phi) is 3.52. The third-order valence-corrected chi connectivity index (χ3v) is 1.78. The molecule has 12 heavy (non-hydrogen) atoms. The average Bonchev–Trinajstić information content (AvgIpc) is 2.02. The molecule has 0 unspecified atom stereocenters. The van der Waals surface area contributed by atoms with Gasteiger partial charge in [-0.2, -0.15) is 0 Å². The summed E-state index contributed by atoms with van der Waals surface area (Å²) in [4.78, 5) is 4.34. The minimum atomic E-state index is 0.846. The number of aliphatic imine (C=N–C) groups is 1. The maximum absolute atomic E-state index is 4.34. The summed E-state index contributed by atoms with van der Waals surface area (Å²) in [7, 11) is 0. The Morgan fingerprint density at radius 2 is 2.25 bits per heavy atom. The number of hydrogen-bond acceptors (Lipinski definition) is 1. The van der Waals surface area contributed by atoms with Crippen molar-refractivity contribution in [1.29, 1.82) is 0 Å². The highest BCUT2D eigenvalue weighted by molar-refractivity contribution is 5.83. The molecule has 0 bridgehead atoms. The van der Waals surface area contributed by atoms with Crippen LogP contribution in [0.3, 0.4) is 0 Å². The fourth-order valence-corrected chi connectivity index (χ4v) is 1.16. The van der Waals surface area contributed by atoms with Gasteiger partial charge in [-0.15, -0.1) is 0 Å². The molecule has 0 aliphatic carbocycles. The van der Waals surface area contributed by atoms with E-state index in [1.807, 2.05) is 12.2 Å². The molecule has 0 saturated carbocycles. The van der Waals surface area contributed by atoms with Gasteiger partial charge >= 0.3 is 0 Å². The summed E-state index contributed by atoms with van der Waals surface area (Å²) in [5, 5.41) is 0. The van der Waals surface area contributed by atoms with Gasteiger partial charge in [0.2, 0.25) is 0 Å². The topological polar surface area (TPSA) is 12.4 Å². The Morgan fingerprint density at radius 3 is 3.08 bits per heavy atom. The molecule has 1 nitrogen and oxygen atoms in total. The van der Waals surface area contributed by atoms with E-state index >= 15 is 0 Å². The molecule has 64 valence electrons. The quantitative estimate of drug-likeness (QED) is 0.517. The van der Waals surface area contributed by atoms with E-state index in [9.17, 15) is 0 Å². The lowest BCUT2D eigenvalue weighted by molar-refractivity contribution is 0.889. The maximum Gasteiger partial charge on any atom is 0.0557 e. The van der Waals surface area contributed by atoms with Crippen molar-refractivity contribution < 1.29 is 0 Å². The highest BCUT2D eigenvalue weighted by atomic mass is 14.7. The second-order valence-electron chi connectivity index (χ2n) is 3.02. The molecule has 0 aromatic carbocycles. The van der Waals surface area contributed by atoms with Crippen LogP contribution in [-0.4, -0.2) is 5.71 Å². The first kappa shape index (κ1) is 8.98. The van der Waals surface area contributed by atoms with Crippen LogP contribution in [0, 0.1) is 0 Å². The lowest BCUT2D eigenvalue weighted by Gasteiger charge is -2.00. The van der Waals surface area contributed by atoms with E-state index in [4.69, 9.17) is 0 Å². The summed E-state index contributed by atoms with van der Waals surface area (Å²) in [5.41, 5.74) is 2.03. The number of rotatable bonds is 0. The van der Waals surface area contributed by atoms with Gasteiger partial charge in [0.1, 0.15) is 0 Å². The lowest BCUT2D eigenvalue weighted by atomic mass is 10.1. The standard InChI is InChI=1S/C11H15N/c1-10-8-6-4-3-5-7-9-11(2)12-10/h3-4,6,8H,1,5,7,9H2,2H3/b4-3-,8-6-,12-11-. The van der Waals surface area contributed by atoms with Gasteiger partial charge in [0.15, 0.2) is 0 Å². The maximum atomic E-state index is 4.34. The van der Waals surface area contributed by atoms with E-state index in [1.165, 1.54) is 12.1 Å². The summed E-state index contributed by atoms with van der Waals surface area (Å²) in [5.74, 6) is 0. The first-order chi connectivity index (χ1) is 5.79. The molecule has 1 aliphatic rings. The molecule has 0 atom stereocenters. The summed E-state index contributed by atoms with van der Waals surface area (Å²) in [6.45, 7) is 5.89. The SMILES string of the molecule is C=C1/C=C\C=C/CCC/C(C)=N\1. The van der Waals surface area contributed by atoms with Crippen molar-refractivity contribution >= 4 is 5.71 Å². The predicted molar refractivity (Wildman–Crippen MR) is 54.4 cm³/mol. The van der Waals surface area contributed by atoms with E-state index < -0.39 is 0 Å². The van der Waals surface area contributed by atoms with Gasteiger partial charge in [-0.25, -0.2) is 0 Å². The van der Waals surface area contributed by atoms with E-state index in [2.05, 4.69) is 30.6 Å². The Hall–Kier alpha value is -1.11. The molecule has 1 rings (SSSR count). The Morgan fingerprint density at radius 1 is 1.42 bits per heavy atom. The number of hydrogen-bond donors (Lipinski definition) is 0. The van der Waals surface area contributed by atoms with Crippen molar-refractivity contribution in [2.24, 2.45) is 4.99 Å². The first-order valence-electron chi connectivity index (χ1n) is 4.35. The van der Waals surface area contributed by atoms with Crippen LogP contribution < -0.4 is 0 Å². The van der Waals surface area contributed by atoms with E-state index in [0.29, 0.717) is 0 Å². The normalized spacial score (nSPS) is 28.8. The summed E-state index contributed by atoms with van der Waals surface area (Å²) in [6.07, 6.45) is 11.6. The third-order valence-electron chi connectivity index (χ3n) is 1.78. The minimum absolute atomic E-state index is 0.846. The van der Waals surface area contributed by atoms with Crippen molar-refractivity contribution in [3.63, 3.8) is 0 Å². The molecule has 0 aromatic rings. The lowest BCUT2D eigenvalue weighted by Crippen LogP contribution is -1.91. The zero-order valence-corrected chi connectivity index (χ0v) is 7.59. The Labute approximate surface area is 74.2 Å². The second kappa shape index (κ2) is 4.70. The molecule has 0 radical (unpaired) electrons. The molecule has 0 N–H and O–H groups in total. The van der Waals surface area contributed by atoms with Gasteiger partial charge in [0, 0.05) is 5.71 Å². The van der Waals surface area contributed by atoms with E-state index in [0.717, 1.165) is 18.5 Å². The molecular formula is C11H15N. The molecule has 0 aromatic heterocycles. The summed E-state index contributed by atoms with van der Waals surface area (Å²) >= 11 is 0. The summed E-state index contributed by atoms with van der Waals surface area (Å²) < 4.78 is 0. The molecule has 1 heteroatoms. The van der Waals surface area contributed by atoms with Crippen LogP contribution in [0.2, 0.25) is 0 Å². The van der Waals surface area contributed by atoms with Crippen LogP contribution in [0.1, 0.15) is 26.2 Å². The van der Waals surface area contributed by atoms with Crippen LogP contribution >= 0.6 is 0 Å². The Bertz CT molecular complexity index is 244. The minimum Gasteiger partial charge on any atom is -0.259 e. The monoisotopic (exact) mass is 161 g/mol. The van der Waals surface area contributed by atoms with Crippen molar-refractivity contribution in [3.8, 4) is 0 Å². The molecular weight excluding hydrogens is 146 g/mol. The fraction of sp³-hybridized carbons (Fsp3) is 0.364. The van der Waals surface area contributed by atoms with Crippen LogP contribution in [-0.2, 0) is 0 Å². The van der Waals surface area contributed by atoms with Gasteiger partial charge in [0.25, 0.3) is 0 Å². The van der Waals surface area contributed by atoms with Gasteiger partial charge in [-0.3, -0.25) is 4.99 Å². The van der Waals surface area contributed by atoms with Gasteiger partial charge in [-0.1, -0.05) is 24.8 Å². The first-order valence-corrected chi connectivity index (χ1v) is 4.35. The number of nitrogens with zero attached hydrogens (tertiary/aromatic N) is 1. The predicted octanol–water partition coefficient (Wildman–Crippen LogP) is 3.26. The zero-order valence-electron chi connectivity index (χ0n) is 7.59.